The third kappa shape index (κ3) is 5.62. The summed E-state index contributed by atoms with van der Waals surface area (Å²) in [5.41, 5.74) is 2.75. The maximum absolute atomic E-state index is 14.0. The number of carbonyl (C=O) groups is 1. The number of carboxylic acids is 1. The topological polar surface area (TPSA) is 60.8 Å². The molecule has 0 radical (unpaired) electrons. The van der Waals surface area contributed by atoms with Gasteiger partial charge in [-0.15, -0.1) is 0 Å². The van der Waals surface area contributed by atoms with Crippen molar-refractivity contribution >= 4 is 18.1 Å². The normalized spacial score (nSPS) is 16.9. The van der Waals surface area contributed by atoms with Crippen LogP contribution in [0.2, 0.25) is 0 Å². The molecular formula is C29H28F3NO3. The second-order valence-electron chi connectivity index (χ2n) is 9.11. The van der Waals surface area contributed by atoms with Gasteiger partial charge in [0, 0.05) is 12.1 Å². The quantitative estimate of drug-likeness (QED) is 0.362. The summed E-state index contributed by atoms with van der Waals surface area (Å²) in [5, 5.41) is 20.1. The van der Waals surface area contributed by atoms with Crippen molar-refractivity contribution in [2.45, 2.75) is 44.9 Å². The Kier molecular flexibility index (Phi) is 7.50. The lowest BCUT2D eigenvalue weighted by molar-refractivity contribution is -0.145. The summed E-state index contributed by atoms with van der Waals surface area (Å²) in [4.78, 5) is 13.2. The number of likely N-dealkylation sites (tertiary alicyclic amines) is 1. The van der Waals surface area contributed by atoms with Crippen LogP contribution in [0.25, 0.3) is 23.3 Å². The molecule has 3 aromatic carbocycles. The summed E-state index contributed by atoms with van der Waals surface area (Å²) in [7, 11) is 0. The smallest absolute Gasteiger partial charge is 0.417 e. The Labute approximate surface area is 208 Å². The maximum Gasteiger partial charge on any atom is 0.417 e. The molecule has 4 nitrogen and oxygen atoms in total. The number of hydrogen-bond acceptors (Lipinski definition) is 3. The first-order chi connectivity index (χ1) is 17.1. The second kappa shape index (κ2) is 10.6. The lowest BCUT2D eigenvalue weighted by Crippen LogP contribution is -2.44. The van der Waals surface area contributed by atoms with E-state index in [2.05, 4.69) is 0 Å². The molecule has 0 spiro atoms. The van der Waals surface area contributed by atoms with Crippen molar-refractivity contribution in [1.29, 1.82) is 0 Å². The predicted molar refractivity (Wildman–Crippen MR) is 134 cm³/mol. The van der Waals surface area contributed by atoms with E-state index < -0.39 is 23.8 Å². The van der Waals surface area contributed by atoms with Gasteiger partial charge in [0.1, 0.15) is 11.8 Å². The molecular weight excluding hydrogens is 467 g/mol. The lowest BCUT2D eigenvalue weighted by Gasteiger charge is -2.33. The number of piperidine rings is 1. The molecule has 0 unspecified atom stereocenters. The average molecular weight is 496 g/mol. The highest BCUT2D eigenvalue weighted by molar-refractivity contribution is 5.78. The standard InChI is InChI=1S/C29H28F3NO3/c1-19-20(10-7-11-24(19)21-8-3-2-4-9-21)13-14-22-17-27(34)23(16-25(22)29(30,31)32)18-33-15-6-5-12-26(33)28(35)36/h2-4,7-11,13-14,16-17,26,34H,5-6,12,15,18H2,1H3,(H,35,36)/b14-13+/t26-/m0/s1. The number of phenolic OH excluding ortho intramolecular Hbond substituents is 1. The molecule has 1 atom stereocenters. The molecule has 0 bridgehead atoms. The van der Waals surface area contributed by atoms with Gasteiger partial charge in [0.15, 0.2) is 0 Å². The van der Waals surface area contributed by atoms with Gasteiger partial charge >= 0.3 is 12.1 Å². The van der Waals surface area contributed by atoms with Gasteiger partial charge < -0.3 is 10.2 Å². The van der Waals surface area contributed by atoms with Crippen LogP contribution in [0.4, 0.5) is 13.2 Å². The summed E-state index contributed by atoms with van der Waals surface area (Å²) in [5.74, 6) is -1.29. The van der Waals surface area contributed by atoms with E-state index in [0.717, 1.165) is 47.2 Å². The van der Waals surface area contributed by atoms with Gasteiger partial charge in [-0.25, -0.2) is 0 Å². The van der Waals surface area contributed by atoms with Crippen LogP contribution in [0.15, 0.2) is 60.7 Å². The van der Waals surface area contributed by atoms with Crippen LogP contribution in [0, 0.1) is 6.92 Å². The van der Waals surface area contributed by atoms with Gasteiger partial charge in [0.2, 0.25) is 0 Å². The lowest BCUT2D eigenvalue weighted by atomic mass is 9.95. The highest BCUT2D eigenvalue weighted by atomic mass is 19.4. The predicted octanol–water partition coefficient (Wildman–Crippen LogP) is 7.00. The van der Waals surface area contributed by atoms with Crippen LogP contribution in [-0.4, -0.2) is 33.7 Å². The second-order valence-corrected chi connectivity index (χ2v) is 9.11. The first kappa shape index (κ1) is 25.5. The summed E-state index contributed by atoms with van der Waals surface area (Å²) < 4.78 is 42.0. The largest absolute Gasteiger partial charge is 0.508 e. The number of carboxylic acid groups (broad SMARTS) is 1. The van der Waals surface area contributed by atoms with Gasteiger partial charge in [0.25, 0.3) is 0 Å². The summed E-state index contributed by atoms with van der Waals surface area (Å²) in [6.45, 7) is 2.31. The minimum absolute atomic E-state index is 0.0614. The first-order valence-electron chi connectivity index (χ1n) is 11.9. The Morgan fingerprint density at radius 2 is 1.75 bits per heavy atom. The van der Waals surface area contributed by atoms with Gasteiger partial charge in [-0.05, 0) is 66.3 Å². The van der Waals surface area contributed by atoms with Crippen LogP contribution < -0.4 is 0 Å². The molecule has 0 aromatic heterocycles. The van der Waals surface area contributed by atoms with E-state index >= 15 is 0 Å². The fraction of sp³-hybridized carbons (Fsp3) is 0.276. The molecule has 2 N–H and O–H groups in total. The van der Waals surface area contributed by atoms with Crippen molar-refractivity contribution in [2.75, 3.05) is 6.54 Å². The molecule has 7 heteroatoms. The Bertz CT molecular complexity index is 1270. The van der Waals surface area contributed by atoms with Crippen molar-refractivity contribution in [3.63, 3.8) is 0 Å². The number of halogens is 3. The molecule has 3 aromatic rings. The maximum atomic E-state index is 14.0. The number of aromatic hydroxyl groups is 1. The molecule has 4 rings (SSSR count). The number of nitrogens with zero attached hydrogens (tertiary/aromatic N) is 1. The van der Waals surface area contributed by atoms with Crippen molar-refractivity contribution in [3.8, 4) is 16.9 Å². The molecule has 0 amide bonds. The molecule has 1 aliphatic rings. The summed E-state index contributed by atoms with van der Waals surface area (Å²) in [6, 6.07) is 16.7. The van der Waals surface area contributed by atoms with Gasteiger partial charge in [-0.3, -0.25) is 9.69 Å². The fourth-order valence-electron chi connectivity index (χ4n) is 4.78. The van der Waals surface area contributed by atoms with E-state index in [1.54, 1.807) is 11.0 Å². The van der Waals surface area contributed by atoms with Crippen molar-refractivity contribution < 1.29 is 28.2 Å². The van der Waals surface area contributed by atoms with Gasteiger partial charge in [-0.1, -0.05) is 67.1 Å². The van der Waals surface area contributed by atoms with E-state index in [9.17, 15) is 28.2 Å². The van der Waals surface area contributed by atoms with Crippen LogP contribution in [0.5, 0.6) is 5.75 Å². The third-order valence-electron chi connectivity index (χ3n) is 6.73. The first-order valence-corrected chi connectivity index (χ1v) is 11.9. The molecule has 1 aliphatic heterocycles. The van der Waals surface area contributed by atoms with Crippen LogP contribution in [-0.2, 0) is 17.5 Å². The monoisotopic (exact) mass is 495 g/mol. The Morgan fingerprint density at radius 1 is 1.03 bits per heavy atom. The van der Waals surface area contributed by atoms with E-state index in [0.29, 0.717) is 13.0 Å². The van der Waals surface area contributed by atoms with Crippen LogP contribution in [0.3, 0.4) is 0 Å². The zero-order valence-corrected chi connectivity index (χ0v) is 19.9. The molecule has 0 aliphatic carbocycles. The summed E-state index contributed by atoms with van der Waals surface area (Å²) in [6.07, 6.45) is 0.295. The zero-order chi connectivity index (χ0) is 25.9. The Hall–Kier alpha value is -3.58. The number of hydrogen-bond donors (Lipinski definition) is 2. The molecule has 1 fully saturated rings. The summed E-state index contributed by atoms with van der Waals surface area (Å²) >= 11 is 0. The molecule has 1 saturated heterocycles. The van der Waals surface area contributed by atoms with Crippen LogP contribution >= 0.6 is 0 Å². The minimum Gasteiger partial charge on any atom is -0.508 e. The Morgan fingerprint density at radius 3 is 2.44 bits per heavy atom. The minimum atomic E-state index is -4.64. The molecule has 188 valence electrons. The van der Waals surface area contributed by atoms with E-state index in [-0.39, 0.29) is 23.4 Å². The van der Waals surface area contributed by atoms with Crippen molar-refractivity contribution in [2.24, 2.45) is 0 Å². The Balaban J connectivity index is 1.68. The number of benzene rings is 3. The van der Waals surface area contributed by atoms with Crippen molar-refractivity contribution in [3.05, 3.63) is 88.5 Å². The zero-order valence-electron chi connectivity index (χ0n) is 19.9. The number of alkyl halides is 3. The fourth-order valence-corrected chi connectivity index (χ4v) is 4.78. The van der Waals surface area contributed by atoms with Crippen LogP contribution in [0.1, 0.15) is 47.1 Å². The number of rotatable bonds is 6. The highest BCUT2D eigenvalue weighted by Crippen LogP contribution is 2.38. The molecule has 1 heterocycles. The van der Waals surface area contributed by atoms with E-state index in [1.165, 1.54) is 6.08 Å². The third-order valence-corrected chi connectivity index (χ3v) is 6.73. The van der Waals surface area contributed by atoms with E-state index in [4.69, 9.17) is 0 Å². The average Bonchev–Trinajstić information content (AvgIpc) is 2.85. The van der Waals surface area contributed by atoms with E-state index in [1.807, 2.05) is 55.5 Å². The van der Waals surface area contributed by atoms with Gasteiger partial charge in [-0.2, -0.15) is 13.2 Å². The SMILES string of the molecule is Cc1c(/C=C/c2cc(O)c(CN3CCCC[C@H]3C(=O)O)cc2C(F)(F)F)cccc1-c1ccccc1. The molecule has 0 saturated carbocycles. The number of phenols is 1. The van der Waals surface area contributed by atoms with Gasteiger partial charge in [0.05, 0.1) is 5.56 Å². The number of aliphatic carboxylic acids is 1. The highest BCUT2D eigenvalue weighted by Gasteiger charge is 2.35. The van der Waals surface area contributed by atoms with Crippen molar-refractivity contribution in [1.82, 2.24) is 4.90 Å². The molecule has 36 heavy (non-hydrogen) atoms.